The van der Waals surface area contributed by atoms with Crippen LogP contribution < -0.4 is 4.74 Å². The normalized spacial score (nSPS) is 25.8. The third-order valence-corrected chi connectivity index (χ3v) is 6.18. The Kier molecular flexibility index (Phi) is 4.87. The highest BCUT2D eigenvalue weighted by molar-refractivity contribution is 5.84. The second-order valence-electron chi connectivity index (χ2n) is 7.89. The maximum atomic E-state index is 5.30. The molecular weight excluding hydrogens is 310 g/mol. The molecule has 0 amide bonds. The Morgan fingerprint density at radius 3 is 2.60 bits per heavy atom. The standard InChI is InChI=1S/C21H31N3O/c1-3-5-18-13-22-21-23(14-17-6-4-7-17)19(15-24(18)21)12-16-8-10-20(25-2)11-9-16/h8-11,17-19H,3-7,12-15H2,1-2H3/t18-,19+/m0/s1. The van der Waals surface area contributed by atoms with Gasteiger partial charge in [0.15, 0.2) is 5.96 Å². The molecule has 0 unspecified atom stereocenters. The maximum absolute atomic E-state index is 5.30. The summed E-state index contributed by atoms with van der Waals surface area (Å²) in [5.74, 6) is 3.12. The van der Waals surface area contributed by atoms with Crippen LogP contribution in [0.1, 0.15) is 44.6 Å². The highest BCUT2D eigenvalue weighted by Gasteiger charge is 2.42. The van der Waals surface area contributed by atoms with Crippen molar-refractivity contribution in [3.63, 3.8) is 0 Å². The molecule has 25 heavy (non-hydrogen) atoms. The third-order valence-electron chi connectivity index (χ3n) is 6.18. The minimum Gasteiger partial charge on any atom is -0.497 e. The van der Waals surface area contributed by atoms with E-state index in [4.69, 9.17) is 9.73 Å². The Morgan fingerprint density at radius 2 is 1.96 bits per heavy atom. The molecule has 0 bridgehead atoms. The van der Waals surface area contributed by atoms with Crippen LogP contribution >= 0.6 is 0 Å². The van der Waals surface area contributed by atoms with Crippen molar-refractivity contribution < 1.29 is 4.74 Å². The van der Waals surface area contributed by atoms with E-state index in [9.17, 15) is 0 Å². The lowest BCUT2D eigenvalue weighted by atomic mass is 9.85. The van der Waals surface area contributed by atoms with Gasteiger partial charge in [0.05, 0.1) is 25.7 Å². The zero-order valence-corrected chi connectivity index (χ0v) is 15.7. The lowest BCUT2D eigenvalue weighted by Gasteiger charge is -2.34. The number of ether oxygens (including phenoxy) is 1. The number of benzene rings is 1. The SMILES string of the molecule is CCC[C@H]1CN=C2N(CC3CCC3)[C@H](Cc3ccc(OC)cc3)CN21. The van der Waals surface area contributed by atoms with Crippen LogP contribution in [-0.2, 0) is 6.42 Å². The molecule has 1 aromatic rings. The van der Waals surface area contributed by atoms with Gasteiger partial charge in [-0.2, -0.15) is 0 Å². The second kappa shape index (κ2) is 7.27. The van der Waals surface area contributed by atoms with Crippen LogP contribution in [0.15, 0.2) is 29.3 Å². The molecule has 4 nitrogen and oxygen atoms in total. The molecule has 0 aromatic heterocycles. The highest BCUT2D eigenvalue weighted by Crippen LogP contribution is 2.33. The van der Waals surface area contributed by atoms with Crippen molar-refractivity contribution >= 4 is 5.96 Å². The maximum Gasteiger partial charge on any atom is 0.197 e. The first-order valence-electron chi connectivity index (χ1n) is 9.99. The molecule has 0 N–H and O–H groups in total. The van der Waals surface area contributed by atoms with Crippen molar-refractivity contribution in [2.75, 3.05) is 26.7 Å². The fraction of sp³-hybridized carbons (Fsp3) is 0.667. The minimum absolute atomic E-state index is 0.562. The van der Waals surface area contributed by atoms with E-state index in [-0.39, 0.29) is 0 Å². The van der Waals surface area contributed by atoms with Gasteiger partial charge in [0.1, 0.15) is 5.75 Å². The van der Waals surface area contributed by atoms with E-state index in [2.05, 4.69) is 41.0 Å². The zero-order chi connectivity index (χ0) is 17.2. The van der Waals surface area contributed by atoms with Crippen LogP contribution in [0.5, 0.6) is 5.75 Å². The van der Waals surface area contributed by atoms with Gasteiger partial charge in [-0.05, 0) is 49.3 Å². The van der Waals surface area contributed by atoms with Gasteiger partial charge in [-0.15, -0.1) is 0 Å². The fourth-order valence-corrected chi connectivity index (χ4v) is 4.49. The van der Waals surface area contributed by atoms with Crippen molar-refractivity contribution in [1.29, 1.82) is 0 Å². The summed E-state index contributed by atoms with van der Waals surface area (Å²) in [4.78, 5) is 10.2. The number of fused-ring (bicyclic) bond motifs is 1. The number of hydrogen-bond acceptors (Lipinski definition) is 4. The third kappa shape index (κ3) is 3.36. The molecule has 1 aromatic carbocycles. The molecule has 2 heterocycles. The van der Waals surface area contributed by atoms with Crippen LogP contribution in [0.4, 0.5) is 0 Å². The lowest BCUT2D eigenvalue weighted by molar-refractivity contribution is 0.215. The molecule has 1 aliphatic carbocycles. The average molecular weight is 341 g/mol. The lowest BCUT2D eigenvalue weighted by Crippen LogP contribution is -2.41. The zero-order valence-electron chi connectivity index (χ0n) is 15.7. The van der Waals surface area contributed by atoms with Crippen LogP contribution in [0, 0.1) is 5.92 Å². The van der Waals surface area contributed by atoms with Gasteiger partial charge in [-0.1, -0.05) is 31.9 Å². The number of hydrogen-bond donors (Lipinski definition) is 0. The number of rotatable bonds is 7. The summed E-state index contributed by atoms with van der Waals surface area (Å²) in [7, 11) is 1.73. The molecule has 4 rings (SSSR count). The molecular formula is C21H31N3O. The molecule has 4 heteroatoms. The summed E-state index contributed by atoms with van der Waals surface area (Å²) in [5.41, 5.74) is 1.40. The highest BCUT2D eigenvalue weighted by atomic mass is 16.5. The minimum atomic E-state index is 0.562. The summed E-state index contributed by atoms with van der Waals surface area (Å²) in [6.07, 6.45) is 7.82. The van der Waals surface area contributed by atoms with E-state index >= 15 is 0 Å². The Balaban J connectivity index is 1.49. The van der Waals surface area contributed by atoms with E-state index in [0.717, 1.165) is 31.2 Å². The molecule has 0 radical (unpaired) electrons. The molecule has 2 atom stereocenters. The second-order valence-corrected chi connectivity index (χ2v) is 7.89. The Morgan fingerprint density at radius 1 is 1.16 bits per heavy atom. The first kappa shape index (κ1) is 16.7. The number of methoxy groups -OCH3 is 1. The molecule has 1 saturated heterocycles. The van der Waals surface area contributed by atoms with Crippen molar-refractivity contribution in [2.45, 2.75) is 57.5 Å². The Hall–Kier alpha value is -1.71. The largest absolute Gasteiger partial charge is 0.497 e. The quantitative estimate of drug-likeness (QED) is 0.759. The van der Waals surface area contributed by atoms with E-state index < -0.39 is 0 Å². The fourth-order valence-electron chi connectivity index (χ4n) is 4.49. The van der Waals surface area contributed by atoms with Gasteiger partial charge in [0, 0.05) is 13.1 Å². The van der Waals surface area contributed by atoms with Gasteiger partial charge in [0.25, 0.3) is 0 Å². The van der Waals surface area contributed by atoms with Crippen molar-refractivity contribution in [2.24, 2.45) is 10.9 Å². The van der Waals surface area contributed by atoms with Crippen LogP contribution in [0.25, 0.3) is 0 Å². The molecule has 0 spiro atoms. The van der Waals surface area contributed by atoms with Gasteiger partial charge < -0.3 is 14.5 Å². The molecule has 3 aliphatic rings. The van der Waals surface area contributed by atoms with E-state index in [1.54, 1.807) is 7.11 Å². The summed E-state index contributed by atoms with van der Waals surface area (Å²) in [5, 5.41) is 0. The van der Waals surface area contributed by atoms with Crippen molar-refractivity contribution in [1.82, 2.24) is 9.80 Å². The predicted octanol–water partition coefficient (Wildman–Crippen LogP) is 3.56. The summed E-state index contributed by atoms with van der Waals surface area (Å²) in [6, 6.07) is 9.79. The van der Waals surface area contributed by atoms with Crippen molar-refractivity contribution in [3.05, 3.63) is 29.8 Å². The first-order valence-corrected chi connectivity index (χ1v) is 9.99. The molecule has 2 fully saturated rings. The molecule has 1 saturated carbocycles. The number of aliphatic imine (C=N–C) groups is 1. The summed E-state index contributed by atoms with van der Waals surface area (Å²) >= 11 is 0. The van der Waals surface area contributed by atoms with E-state index in [1.165, 1.54) is 50.2 Å². The van der Waals surface area contributed by atoms with Crippen LogP contribution in [0.3, 0.4) is 0 Å². The first-order chi connectivity index (χ1) is 12.3. The monoisotopic (exact) mass is 341 g/mol. The van der Waals surface area contributed by atoms with Crippen molar-refractivity contribution in [3.8, 4) is 5.75 Å². The average Bonchev–Trinajstić information content (AvgIpc) is 3.12. The van der Waals surface area contributed by atoms with Crippen LogP contribution in [-0.4, -0.2) is 54.6 Å². The smallest absolute Gasteiger partial charge is 0.197 e. The van der Waals surface area contributed by atoms with E-state index in [1.807, 2.05) is 0 Å². The topological polar surface area (TPSA) is 28.1 Å². The summed E-state index contributed by atoms with van der Waals surface area (Å²) < 4.78 is 5.30. The number of nitrogens with zero attached hydrogens (tertiary/aromatic N) is 3. The molecule has 2 aliphatic heterocycles. The number of guanidine groups is 1. The predicted molar refractivity (Wildman–Crippen MR) is 102 cm³/mol. The van der Waals surface area contributed by atoms with Gasteiger partial charge >= 0.3 is 0 Å². The Bertz CT molecular complexity index is 608. The van der Waals surface area contributed by atoms with Crippen LogP contribution in [0.2, 0.25) is 0 Å². The van der Waals surface area contributed by atoms with Gasteiger partial charge in [-0.3, -0.25) is 4.99 Å². The van der Waals surface area contributed by atoms with Gasteiger partial charge in [-0.25, -0.2) is 0 Å². The van der Waals surface area contributed by atoms with Gasteiger partial charge in [0.2, 0.25) is 0 Å². The Labute approximate surface area is 151 Å². The van der Waals surface area contributed by atoms with E-state index in [0.29, 0.717) is 12.1 Å². The molecule has 136 valence electrons. The summed E-state index contributed by atoms with van der Waals surface area (Å²) in [6.45, 7) is 5.63.